The molecule has 0 spiro atoms. The number of hydrogen-bond donors (Lipinski definition) is 1. The van der Waals surface area contributed by atoms with Gasteiger partial charge in [-0.2, -0.15) is 0 Å². The average Bonchev–Trinajstić information content (AvgIpc) is 2.58. The summed E-state index contributed by atoms with van der Waals surface area (Å²) in [5, 5.41) is 2.44. The van der Waals surface area contributed by atoms with E-state index in [0.29, 0.717) is 0 Å². The number of rotatable bonds is 6. The van der Waals surface area contributed by atoms with Gasteiger partial charge in [-0.05, 0) is 45.6 Å². The van der Waals surface area contributed by atoms with Gasteiger partial charge in [-0.1, -0.05) is 30.3 Å². The Morgan fingerprint density at radius 3 is 2.73 bits per heavy atom. The van der Waals surface area contributed by atoms with Gasteiger partial charge >= 0.3 is 0 Å². The second-order valence-electron chi connectivity index (χ2n) is 5.77. The molecule has 3 nitrogen and oxygen atoms in total. The minimum absolute atomic E-state index is 0.778. The number of hydrogen-bond acceptors (Lipinski definition) is 2. The summed E-state index contributed by atoms with van der Waals surface area (Å²) in [7, 11) is 0. The fourth-order valence-corrected chi connectivity index (χ4v) is 3.50. The second-order valence-corrected chi connectivity index (χ2v) is 6.56. The van der Waals surface area contributed by atoms with E-state index in [1.54, 1.807) is 4.90 Å². The predicted molar refractivity (Wildman–Crippen MR) is 92.8 cm³/mol. The van der Waals surface area contributed by atoms with Gasteiger partial charge in [0.25, 0.3) is 0 Å². The van der Waals surface area contributed by atoms with Gasteiger partial charge in [0.2, 0.25) is 0 Å². The molecule has 0 radical (unpaired) electrons. The SMILES string of the molecule is Brc1c(OCCCC[NH+]2CCOCC2)ccc2ccccc12. The molecule has 0 atom stereocenters. The lowest BCUT2D eigenvalue weighted by atomic mass is 10.1. The molecule has 1 aliphatic rings. The topological polar surface area (TPSA) is 22.9 Å². The van der Waals surface area contributed by atoms with Crippen molar-refractivity contribution >= 4 is 26.7 Å². The van der Waals surface area contributed by atoms with Crippen LogP contribution in [0.5, 0.6) is 5.75 Å². The van der Waals surface area contributed by atoms with Crippen molar-refractivity contribution in [2.24, 2.45) is 0 Å². The molecule has 22 heavy (non-hydrogen) atoms. The molecule has 0 bridgehead atoms. The molecule has 2 aromatic carbocycles. The van der Waals surface area contributed by atoms with E-state index >= 15 is 0 Å². The Morgan fingerprint density at radius 2 is 1.86 bits per heavy atom. The van der Waals surface area contributed by atoms with Crippen LogP contribution in [-0.4, -0.2) is 39.5 Å². The highest BCUT2D eigenvalue weighted by atomic mass is 79.9. The van der Waals surface area contributed by atoms with E-state index in [1.807, 2.05) is 0 Å². The molecule has 0 unspecified atom stereocenters. The smallest absolute Gasteiger partial charge is 0.134 e. The lowest BCUT2D eigenvalue weighted by Gasteiger charge is -2.23. The molecular formula is C18H23BrNO2+. The fraction of sp³-hybridized carbons (Fsp3) is 0.444. The van der Waals surface area contributed by atoms with Gasteiger partial charge in [0.05, 0.1) is 30.8 Å². The third kappa shape index (κ3) is 4.00. The minimum Gasteiger partial charge on any atom is -0.492 e. The van der Waals surface area contributed by atoms with Crippen molar-refractivity contribution in [3.8, 4) is 5.75 Å². The molecule has 4 heteroatoms. The zero-order valence-electron chi connectivity index (χ0n) is 12.8. The van der Waals surface area contributed by atoms with Gasteiger partial charge < -0.3 is 14.4 Å². The van der Waals surface area contributed by atoms with Crippen LogP contribution in [0.3, 0.4) is 0 Å². The fourth-order valence-electron chi connectivity index (χ4n) is 2.89. The molecule has 0 aromatic heterocycles. The Hall–Kier alpha value is -1.10. The molecule has 1 aliphatic heterocycles. The van der Waals surface area contributed by atoms with Crippen LogP contribution in [0.4, 0.5) is 0 Å². The number of unbranched alkanes of at least 4 members (excludes halogenated alkanes) is 1. The van der Waals surface area contributed by atoms with E-state index in [0.717, 1.165) is 49.6 Å². The highest BCUT2D eigenvalue weighted by Crippen LogP contribution is 2.33. The van der Waals surface area contributed by atoms with Crippen molar-refractivity contribution in [1.82, 2.24) is 0 Å². The van der Waals surface area contributed by atoms with E-state index in [2.05, 4.69) is 52.3 Å². The first-order valence-electron chi connectivity index (χ1n) is 8.06. The third-order valence-corrected chi connectivity index (χ3v) is 5.03. The molecule has 1 heterocycles. The number of nitrogens with one attached hydrogen (secondary N) is 1. The maximum atomic E-state index is 5.95. The first-order chi connectivity index (χ1) is 10.8. The summed E-state index contributed by atoms with van der Waals surface area (Å²) in [5.41, 5.74) is 0. The number of halogens is 1. The number of fused-ring (bicyclic) bond motifs is 1. The first-order valence-corrected chi connectivity index (χ1v) is 8.85. The van der Waals surface area contributed by atoms with Crippen molar-refractivity contribution in [3.05, 3.63) is 40.9 Å². The van der Waals surface area contributed by atoms with Gasteiger partial charge in [-0.3, -0.25) is 0 Å². The van der Waals surface area contributed by atoms with Gasteiger partial charge in [0, 0.05) is 0 Å². The van der Waals surface area contributed by atoms with Crippen LogP contribution < -0.4 is 9.64 Å². The number of ether oxygens (including phenoxy) is 2. The maximum absolute atomic E-state index is 5.95. The van der Waals surface area contributed by atoms with Crippen LogP contribution in [0.25, 0.3) is 10.8 Å². The van der Waals surface area contributed by atoms with Crippen LogP contribution in [0.15, 0.2) is 40.9 Å². The van der Waals surface area contributed by atoms with Gasteiger partial charge in [0.15, 0.2) is 0 Å². The zero-order chi connectivity index (χ0) is 15.2. The molecule has 1 fully saturated rings. The molecule has 118 valence electrons. The monoisotopic (exact) mass is 364 g/mol. The van der Waals surface area contributed by atoms with Gasteiger partial charge in [-0.15, -0.1) is 0 Å². The molecule has 2 aromatic rings. The number of quaternary nitrogens is 1. The van der Waals surface area contributed by atoms with Gasteiger partial charge in [-0.25, -0.2) is 0 Å². The minimum atomic E-state index is 0.778. The highest BCUT2D eigenvalue weighted by Gasteiger charge is 2.12. The van der Waals surface area contributed by atoms with E-state index in [1.165, 1.54) is 23.7 Å². The summed E-state index contributed by atoms with van der Waals surface area (Å²) >= 11 is 3.67. The third-order valence-electron chi connectivity index (χ3n) is 4.21. The standard InChI is InChI=1S/C18H22BrNO2/c19-18-16-6-2-1-5-15(16)7-8-17(18)22-12-4-3-9-20-10-13-21-14-11-20/h1-2,5-8H,3-4,9-14H2/p+1. The summed E-state index contributed by atoms with van der Waals surface area (Å²) in [6.45, 7) is 6.13. The van der Waals surface area contributed by atoms with Crippen LogP contribution in [0.2, 0.25) is 0 Å². The lowest BCUT2D eigenvalue weighted by molar-refractivity contribution is -0.908. The maximum Gasteiger partial charge on any atom is 0.134 e. The summed E-state index contributed by atoms with van der Waals surface area (Å²) in [6.07, 6.45) is 2.31. The van der Waals surface area contributed by atoms with Crippen molar-refractivity contribution in [1.29, 1.82) is 0 Å². The van der Waals surface area contributed by atoms with Crippen LogP contribution in [0, 0.1) is 0 Å². The van der Waals surface area contributed by atoms with Gasteiger partial charge in [0.1, 0.15) is 18.8 Å². The predicted octanol–water partition coefficient (Wildman–Crippen LogP) is 2.68. The Kier molecular flexibility index (Phi) is 5.70. The summed E-state index contributed by atoms with van der Waals surface area (Å²) in [4.78, 5) is 1.66. The highest BCUT2D eigenvalue weighted by molar-refractivity contribution is 9.10. The van der Waals surface area contributed by atoms with E-state index in [4.69, 9.17) is 9.47 Å². The Morgan fingerprint density at radius 1 is 1.05 bits per heavy atom. The number of benzene rings is 2. The lowest BCUT2D eigenvalue weighted by Crippen LogP contribution is -3.14. The van der Waals surface area contributed by atoms with Crippen molar-refractivity contribution < 1.29 is 14.4 Å². The van der Waals surface area contributed by atoms with E-state index in [-0.39, 0.29) is 0 Å². The Labute approximate surface area is 140 Å². The molecule has 1 N–H and O–H groups in total. The van der Waals surface area contributed by atoms with Crippen molar-refractivity contribution in [2.75, 3.05) is 39.5 Å². The van der Waals surface area contributed by atoms with Crippen LogP contribution in [0.1, 0.15) is 12.8 Å². The molecule has 1 saturated heterocycles. The van der Waals surface area contributed by atoms with E-state index in [9.17, 15) is 0 Å². The van der Waals surface area contributed by atoms with Crippen molar-refractivity contribution in [2.45, 2.75) is 12.8 Å². The summed E-state index contributed by atoms with van der Waals surface area (Å²) in [6, 6.07) is 12.5. The quantitative estimate of drug-likeness (QED) is 0.796. The van der Waals surface area contributed by atoms with Crippen LogP contribution >= 0.6 is 15.9 Å². The normalized spacial score (nSPS) is 16.0. The summed E-state index contributed by atoms with van der Waals surface area (Å²) < 4.78 is 12.4. The Bertz CT molecular complexity index is 611. The molecular weight excluding hydrogens is 342 g/mol. The molecule has 3 rings (SSSR count). The van der Waals surface area contributed by atoms with E-state index < -0.39 is 0 Å². The van der Waals surface area contributed by atoms with Crippen LogP contribution in [-0.2, 0) is 4.74 Å². The average molecular weight is 365 g/mol. The van der Waals surface area contributed by atoms with Crippen molar-refractivity contribution in [3.63, 3.8) is 0 Å². The second kappa shape index (κ2) is 7.95. The molecule has 0 saturated carbocycles. The summed E-state index contributed by atoms with van der Waals surface area (Å²) in [5.74, 6) is 0.942. The largest absolute Gasteiger partial charge is 0.492 e. The zero-order valence-corrected chi connectivity index (χ0v) is 14.4. The Balaban J connectivity index is 1.46. The molecule has 0 aliphatic carbocycles. The molecule has 0 amide bonds. The first kappa shape index (κ1) is 15.8. The number of morpholine rings is 1.